The van der Waals surface area contributed by atoms with Crippen LogP contribution in [0.4, 0.5) is 0 Å². The lowest BCUT2D eigenvalue weighted by Gasteiger charge is -2.36. The van der Waals surface area contributed by atoms with E-state index in [-0.39, 0.29) is 0 Å². The zero-order chi connectivity index (χ0) is 14.7. The number of rotatable bonds is 5. The van der Waals surface area contributed by atoms with E-state index in [9.17, 15) is 0 Å². The van der Waals surface area contributed by atoms with Crippen molar-refractivity contribution in [3.8, 4) is 5.75 Å². The van der Waals surface area contributed by atoms with E-state index in [1.54, 1.807) is 0 Å². The minimum absolute atomic E-state index is 0.377. The molecule has 1 nitrogen and oxygen atoms in total. The van der Waals surface area contributed by atoms with Gasteiger partial charge in [0, 0.05) is 5.56 Å². The third-order valence-electron chi connectivity index (χ3n) is 4.39. The van der Waals surface area contributed by atoms with Gasteiger partial charge in [-0.15, -0.1) is 0 Å². The van der Waals surface area contributed by atoms with Crippen molar-refractivity contribution < 1.29 is 4.74 Å². The standard InChI is InChI=1S/C20H22O/c1-3-20(2)13-17(14-20)18-11-7-8-12-19(18)21-15-16-9-5-4-6-10-16/h4-13H,3,14-15H2,1-2H3/t20-/m1/s1. The van der Waals surface area contributed by atoms with E-state index in [0.29, 0.717) is 12.0 Å². The van der Waals surface area contributed by atoms with Crippen molar-refractivity contribution in [3.05, 3.63) is 71.8 Å². The van der Waals surface area contributed by atoms with Gasteiger partial charge >= 0.3 is 0 Å². The van der Waals surface area contributed by atoms with Crippen LogP contribution in [0.15, 0.2) is 60.7 Å². The molecule has 0 saturated heterocycles. The molecule has 0 bridgehead atoms. The molecule has 0 fully saturated rings. The number of allylic oxidation sites excluding steroid dienone is 2. The van der Waals surface area contributed by atoms with Crippen LogP contribution < -0.4 is 4.74 Å². The van der Waals surface area contributed by atoms with Gasteiger partial charge in [0.05, 0.1) is 0 Å². The van der Waals surface area contributed by atoms with Crippen molar-refractivity contribution in [1.82, 2.24) is 0 Å². The Labute approximate surface area is 127 Å². The zero-order valence-electron chi connectivity index (χ0n) is 12.8. The molecule has 2 aromatic carbocycles. The van der Waals surface area contributed by atoms with Crippen LogP contribution >= 0.6 is 0 Å². The molecular weight excluding hydrogens is 256 g/mol. The first kappa shape index (κ1) is 13.9. The Hall–Kier alpha value is -2.02. The van der Waals surface area contributed by atoms with E-state index in [1.165, 1.54) is 23.1 Å². The van der Waals surface area contributed by atoms with Gasteiger partial charge in [0.15, 0.2) is 0 Å². The fourth-order valence-corrected chi connectivity index (χ4v) is 2.82. The van der Waals surface area contributed by atoms with Gasteiger partial charge < -0.3 is 4.74 Å². The van der Waals surface area contributed by atoms with Crippen LogP contribution in [0, 0.1) is 5.41 Å². The fourth-order valence-electron chi connectivity index (χ4n) is 2.82. The average molecular weight is 278 g/mol. The summed E-state index contributed by atoms with van der Waals surface area (Å²) in [5.41, 5.74) is 4.25. The fraction of sp³-hybridized carbons (Fsp3) is 0.300. The predicted octanol–water partition coefficient (Wildman–Crippen LogP) is 5.47. The van der Waals surface area contributed by atoms with Crippen LogP contribution in [0.2, 0.25) is 0 Å². The summed E-state index contributed by atoms with van der Waals surface area (Å²) < 4.78 is 6.04. The molecule has 0 radical (unpaired) electrons. The lowest BCUT2D eigenvalue weighted by Crippen LogP contribution is -2.21. The van der Waals surface area contributed by atoms with Crippen LogP contribution in [-0.4, -0.2) is 0 Å². The lowest BCUT2D eigenvalue weighted by molar-refractivity contribution is 0.304. The maximum Gasteiger partial charge on any atom is 0.127 e. The van der Waals surface area contributed by atoms with Gasteiger partial charge in [-0.2, -0.15) is 0 Å². The van der Waals surface area contributed by atoms with Gasteiger partial charge in [0.2, 0.25) is 0 Å². The molecule has 21 heavy (non-hydrogen) atoms. The Bertz CT molecular complexity index is 642. The Morgan fingerprint density at radius 1 is 1.00 bits per heavy atom. The molecule has 1 aliphatic carbocycles. The molecule has 1 atom stereocenters. The Morgan fingerprint density at radius 2 is 1.67 bits per heavy atom. The predicted molar refractivity (Wildman–Crippen MR) is 88.2 cm³/mol. The summed E-state index contributed by atoms with van der Waals surface area (Å²) in [4.78, 5) is 0. The quantitative estimate of drug-likeness (QED) is 0.704. The number of hydrogen-bond donors (Lipinski definition) is 0. The average Bonchev–Trinajstić information content (AvgIpc) is 2.51. The van der Waals surface area contributed by atoms with Crippen LogP contribution in [0.3, 0.4) is 0 Å². The zero-order valence-corrected chi connectivity index (χ0v) is 12.8. The van der Waals surface area contributed by atoms with Crippen molar-refractivity contribution in [3.63, 3.8) is 0 Å². The highest BCUT2D eigenvalue weighted by Crippen LogP contribution is 2.48. The highest BCUT2D eigenvalue weighted by molar-refractivity contribution is 5.76. The molecule has 0 heterocycles. The Kier molecular flexibility index (Phi) is 3.83. The van der Waals surface area contributed by atoms with E-state index < -0.39 is 0 Å². The first-order valence-corrected chi connectivity index (χ1v) is 7.68. The summed E-state index contributed by atoms with van der Waals surface area (Å²) >= 11 is 0. The van der Waals surface area contributed by atoms with Crippen molar-refractivity contribution in [2.75, 3.05) is 0 Å². The van der Waals surface area contributed by atoms with Crippen molar-refractivity contribution in [2.24, 2.45) is 5.41 Å². The van der Waals surface area contributed by atoms with Gasteiger partial charge in [0.25, 0.3) is 0 Å². The summed E-state index contributed by atoms with van der Waals surface area (Å²) in [6.07, 6.45) is 4.75. The molecule has 1 heteroatoms. The number of benzene rings is 2. The summed E-state index contributed by atoms with van der Waals surface area (Å²) in [7, 11) is 0. The molecule has 108 valence electrons. The van der Waals surface area contributed by atoms with Crippen molar-refractivity contribution in [2.45, 2.75) is 33.3 Å². The van der Waals surface area contributed by atoms with Crippen LogP contribution in [0.5, 0.6) is 5.75 Å². The van der Waals surface area contributed by atoms with E-state index in [1.807, 2.05) is 24.3 Å². The van der Waals surface area contributed by atoms with Gasteiger partial charge in [-0.1, -0.05) is 68.5 Å². The minimum Gasteiger partial charge on any atom is -0.488 e. The first-order valence-electron chi connectivity index (χ1n) is 7.68. The molecular formula is C20H22O. The highest BCUT2D eigenvalue weighted by Gasteiger charge is 2.31. The minimum atomic E-state index is 0.377. The molecule has 0 saturated carbocycles. The monoisotopic (exact) mass is 278 g/mol. The Balaban J connectivity index is 1.77. The number of ether oxygens (including phenoxy) is 1. The van der Waals surface area contributed by atoms with E-state index >= 15 is 0 Å². The van der Waals surface area contributed by atoms with Gasteiger partial charge in [0.1, 0.15) is 12.4 Å². The molecule has 0 spiro atoms. The van der Waals surface area contributed by atoms with Crippen molar-refractivity contribution in [1.29, 1.82) is 0 Å². The van der Waals surface area contributed by atoms with Crippen LogP contribution in [-0.2, 0) is 6.61 Å². The largest absolute Gasteiger partial charge is 0.488 e. The maximum absolute atomic E-state index is 6.04. The highest BCUT2D eigenvalue weighted by atomic mass is 16.5. The normalized spacial score (nSPS) is 20.6. The lowest BCUT2D eigenvalue weighted by atomic mass is 9.69. The third kappa shape index (κ3) is 3.02. The smallest absolute Gasteiger partial charge is 0.127 e. The number of hydrogen-bond acceptors (Lipinski definition) is 1. The molecule has 1 aliphatic rings. The SMILES string of the molecule is CC[C@]1(C)C=C(c2ccccc2OCc2ccccc2)C1. The maximum atomic E-state index is 6.04. The van der Waals surface area contributed by atoms with Gasteiger partial charge in [-0.05, 0) is 35.5 Å². The molecule has 3 rings (SSSR count). The molecule has 0 amide bonds. The van der Waals surface area contributed by atoms with Crippen LogP contribution in [0.1, 0.15) is 37.8 Å². The van der Waals surface area contributed by atoms with Gasteiger partial charge in [-0.3, -0.25) is 0 Å². The molecule has 0 aromatic heterocycles. The summed E-state index contributed by atoms with van der Waals surface area (Å²) in [5.74, 6) is 0.991. The van der Waals surface area contributed by atoms with Crippen molar-refractivity contribution >= 4 is 5.57 Å². The van der Waals surface area contributed by atoms with E-state index in [4.69, 9.17) is 4.74 Å². The second-order valence-corrected chi connectivity index (χ2v) is 6.12. The van der Waals surface area contributed by atoms with Gasteiger partial charge in [-0.25, -0.2) is 0 Å². The van der Waals surface area contributed by atoms with E-state index in [2.05, 4.69) is 50.3 Å². The second kappa shape index (κ2) is 5.77. The third-order valence-corrected chi connectivity index (χ3v) is 4.39. The molecule has 0 aliphatic heterocycles. The second-order valence-electron chi connectivity index (χ2n) is 6.12. The topological polar surface area (TPSA) is 9.23 Å². The number of para-hydroxylation sites is 1. The van der Waals surface area contributed by atoms with Crippen LogP contribution in [0.25, 0.3) is 5.57 Å². The first-order chi connectivity index (χ1) is 10.2. The summed E-state index contributed by atoms with van der Waals surface area (Å²) in [5, 5.41) is 0. The van der Waals surface area contributed by atoms with E-state index in [0.717, 1.165) is 12.2 Å². The molecule has 0 unspecified atom stereocenters. The molecule has 0 N–H and O–H groups in total. The summed E-state index contributed by atoms with van der Waals surface area (Å²) in [6.45, 7) is 5.20. The Morgan fingerprint density at radius 3 is 2.38 bits per heavy atom. The molecule has 2 aromatic rings. The summed E-state index contributed by atoms with van der Waals surface area (Å²) in [6, 6.07) is 18.7.